The Balaban J connectivity index is 1.46. The molecule has 160 valence electrons. The van der Waals surface area contributed by atoms with E-state index in [9.17, 15) is 0 Å². The van der Waals surface area contributed by atoms with E-state index in [0.717, 1.165) is 38.7 Å². The molecule has 0 fully saturated rings. The molecule has 3 aromatic heterocycles. The van der Waals surface area contributed by atoms with Crippen LogP contribution in [0.1, 0.15) is 26.3 Å². The molecule has 0 radical (unpaired) electrons. The van der Waals surface area contributed by atoms with E-state index in [1.54, 1.807) is 12.5 Å². The monoisotopic (exact) mass is 428 g/mol. The molecule has 6 rings (SSSR count). The van der Waals surface area contributed by atoms with Crippen LogP contribution in [0.15, 0.2) is 95.9 Å². The van der Waals surface area contributed by atoms with Gasteiger partial charge in [0.2, 0.25) is 0 Å². The minimum atomic E-state index is 0.126. The van der Waals surface area contributed by atoms with Crippen molar-refractivity contribution in [2.75, 3.05) is 0 Å². The molecule has 0 aliphatic heterocycles. The van der Waals surface area contributed by atoms with E-state index in [1.165, 1.54) is 21.9 Å². The lowest BCUT2D eigenvalue weighted by molar-refractivity contribution is 0.591. The molecule has 6 aromatic rings. The Morgan fingerprint density at radius 3 is 2.45 bits per heavy atom. The van der Waals surface area contributed by atoms with Gasteiger partial charge < -0.3 is 4.42 Å². The summed E-state index contributed by atoms with van der Waals surface area (Å²) in [5, 5.41) is 4.58. The summed E-state index contributed by atoms with van der Waals surface area (Å²) in [4.78, 5) is 9.44. The molecule has 3 aromatic carbocycles. The summed E-state index contributed by atoms with van der Waals surface area (Å²) in [5.41, 5.74) is 7.45. The molecular weight excluding hydrogens is 404 g/mol. The zero-order valence-electron chi connectivity index (χ0n) is 19.0. The second-order valence-electron chi connectivity index (χ2n) is 9.59. The molecule has 3 nitrogen and oxygen atoms in total. The van der Waals surface area contributed by atoms with Crippen LogP contribution < -0.4 is 0 Å². The number of nitrogens with zero attached hydrogens (tertiary/aromatic N) is 2. The number of fused-ring (bicyclic) bond motifs is 4. The van der Waals surface area contributed by atoms with E-state index in [1.807, 2.05) is 18.3 Å². The predicted molar refractivity (Wildman–Crippen MR) is 136 cm³/mol. The maximum Gasteiger partial charge on any atom is 0.160 e. The summed E-state index contributed by atoms with van der Waals surface area (Å²) < 4.78 is 5.69. The summed E-state index contributed by atoms with van der Waals surface area (Å²) in [7, 11) is 0. The molecule has 3 heterocycles. The van der Waals surface area contributed by atoms with Crippen molar-refractivity contribution in [1.29, 1.82) is 0 Å². The van der Waals surface area contributed by atoms with Crippen molar-refractivity contribution < 1.29 is 4.42 Å². The number of furan rings is 1. The maximum atomic E-state index is 5.69. The van der Waals surface area contributed by atoms with Gasteiger partial charge in [-0.3, -0.25) is 9.97 Å². The number of rotatable bonds is 2. The Hall–Kier alpha value is -3.98. The second kappa shape index (κ2) is 7.28. The fourth-order valence-electron chi connectivity index (χ4n) is 4.59. The van der Waals surface area contributed by atoms with Gasteiger partial charge in [-0.15, -0.1) is 0 Å². The first-order chi connectivity index (χ1) is 16.0. The number of aromatic nitrogens is 2. The van der Waals surface area contributed by atoms with Gasteiger partial charge in [-0.05, 0) is 51.6 Å². The SMILES string of the molecule is CC(C)(C)c1ccc2c(-c3ccc(-c4cc5ccoc5c5ncccc45)nc3)cccc2c1. The van der Waals surface area contributed by atoms with Crippen molar-refractivity contribution in [1.82, 2.24) is 9.97 Å². The minimum absolute atomic E-state index is 0.126. The van der Waals surface area contributed by atoms with Crippen molar-refractivity contribution in [2.45, 2.75) is 26.2 Å². The minimum Gasteiger partial charge on any atom is -0.462 e. The fourth-order valence-corrected chi connectivity index (χ4v) is 4.59. The van der Waals surface area contributed by atoms with E-state index >= 15 is 0 Å². The van der Waals surface area contributed by atoms with Crippen LogP contribution in [0.5, 0.6) is 0 Å². The van der Waals surface area contributed by atoms with E-state index in [4.69, 9.17) is 9.40 Å². The highest BCUT2D eigenvalue weighted by Crippen LogP contribution is 2.36. The van der Waals surface area contributed by atoms with Crippen molar-refractivity contribution in [3.63, 3.8) is 0 Å². The third-order valence-electron chi connectivity index (χ3n) is 6.41. The van der Waals surface area contributed by atoms with Crippen LogP contribution in [0, 0.1) is 0 Å². The van der Waals surface area contributed by atoms with Crippen molar-refractivity contribution in [3.8, 4) is 22.4 Å². The molecule has 0 saturated heterocycles. The van der Waals surface area contributed by atoms with E-state index in [-0.39, 0.29) is 5.41 Å². The zero-order chi connectivity index (χ0) is 22.6. The average Bonchev–Trinajstić information content (AvgIpc) is 3.31. The molecule has 0 bridgehead atoms. The van der Waals surface area contributed by atoms with Crippen molar-refractivity contribution in [3.05, 3.63) is 97.0 Å². The Bertz CT molecular complexity index is 1640. The van der Waals surface area contributed by atoms with Crippen LogP contribution in [0.25, 0.3) is 55.0 Å². The van der Waals surface area contributed by atoms with Crippen LogP contribution in [-0.2, 0) is 5.41 Å². The Labute approximate surface area is 192 Å². The highest BCUT2D eigenvalue weighted by atomic mass is 16.3. The lowest BCUT2D eigenvalue weighted by Gasteiger charge is -2.20. The molecule has 33 heavy (non-hydrogen) atoms. The summed E-state index contributed by atoms with van der Waals surface area (Å²) >= 11 is 0. The Morgan fingerprint density at radius 1 is 0.727 bits per heavy atom. The van der Waals surface area contributed by atoms with Crippen LogP contribution in [0.4, 0.5) is 0 Å². The molecule has 0 atom stereocenters. The van der Waals surface area contributed by atoms with Crippen LogP contribution >= 0.6 is 0 Å². The third kappa shape index (κ3) is 3.28. The number of pyridine rings is 2. The lowest BCUT2D eigenvalue weighted by Crippen LogP contribution is -2.10. The first kappa shape index (κ1) is 19.7. The largest absolute Gasteiger partial charge is 0.462 e. The van der Waals surface area contributed by atoms with Crippen molar-refractivity contribution in [2.24, 2.45) is 0 Å². The zero-order valence-corrected chi connectivity index (χ0v) is 19.0. The van der Waals surface area contributed by atoms with E-state index in [2.05, 4.69) is 86.4 Å². The van der Waals surface area contributed by atoms with Gasteiger partial charge in [0.15, 0.2) is 5.58 Å². The Morgan fingerprint density at radius 2 is 1.64 bits per heavy atom. The van der Waals surface area contributed by atoms with Crippen LogP contribution in [-0.4, -0.2) is 9.97 Å². The standard InChI is InChI=1S/C30H24N2O/c1-30(2,3)22-10-11-24-19(16-22)6-4-7-23(24)21-9-12-27(32-18-21)26-17-20-13-15-33-29(20)28-25(26)8-5-14-31-28/h4-18H,1-3H3. The first-order valence-electron chi connectivity index (χ1n) is 11.2. The van der Waals surface area contributed by atoms with Gasteiger partial charge >= 0.3 is 0 Å². The third-order valence-corrected chi connectivity index (χ3v) is 6.41. The number of benzene rings is 3. The van der Waals surface area contributed by atoms with Crippen molar-refractivity contribution >= 4 is 32.6 Å². The maximum absolute atomic E-state index is 5.69. The highest BCUT2D eigenvalue weighted by Gasteiger charge is 2.15. The molecule has 0 unspecified atom stereocenters. The van der Waals surface area contributed by atoms with Gasteiger partial charge in [0, 0.05) is 34.3 Å². The van der Waals surface area contributed by atoms with Gasteiger partial charge in [0.05, 0.1) is 12.0 Å². The van der Waals surface area contributed by atoms with Gasteiger partial charge in [-0.2, -0.15) is 0 Å². The van der Waals surface area contributed by atoms with E-state index in [0.29, 0.717) is 0 Å². The van der Waals surface area contributed by atoms with Gasteiger partial charge in [-0.1, -0.05) is 69.3 Å². The topological polar surface area (TPSA) is 38.9 Å². The summed E-state index contributed by atoms with van der Waals surface area (Å²) in [6, 6.07) is 25.7. The smallest absolute Gasteiger partial charge is 0.160 e. The highest BCUT2D eigenvalue weighted by molar-refractivity contribution is 6.09. The summed E-state index contributed by atoms with van der Waals surface area (Å²) in [6.07, 6.45) is 5.49. The average molecular weight is 429 g/mol. The molecule has 0 aliphatic carbocycles. The molecule has 0 amide bonds. The molecule has 0 N–H and O–H groups in total. The molecule has 0 aliphatic rings. The molecule has 3 heteroatoms. The lowest BCUT2D eigenvalue weighted by atomic mass is 9.85. The number of hydrogen-bond donors (Lipinski definition) is 0. The first-order valence-corrected chi connectivity index (χ1v) is 11.2. The van der Waals surface area contributed by atoms with Gasteiger partial charge in [0.1, 0.15) is 5.52 Å². The van der Waals surface area contributed by atoms with E-state index < -0.39 is 0 Å². The molecule has 0 saturated carbocycles. The number of hydrogen-bond acceptors (Lipinski definition) is 3. The second-order valence-corrected chi connectivity index (χ2v) is 9.59. The molecular formula is C30H24N2O. The molecule has 0 spiro atoms. The fraction of sp³-hybridized carbons (Fsp3) is 0.133. The van der Waals surface area contributed by atoms with Crippen LogP contribution in [0.2, 0.25) is 0 Å². The normalized spacial score (nSPS) is 12.1. The Kier molecular flexibility index (Phi) is 4.34. The van der Waals surface area contributed by atoms with Gasteiger partial charge in [-0.25, -0.2) is 0 Å². The van der Waals surface area contributed by atoms with Crippen LogP contribution in [0.3, 0.4) is 0 Å². The summed E-state index contributed by atoms with van der Waals surface area (Å²) in [6.45, 7) is 6.75. The van der Waals surface area contributed by atoms with Gasteiger partial charge in [0.25, 0.3) is 0 Å². The predicted octanol–water partition coefficient (Wildman–Crippen LogP) is 8.16. The quantitative estimate of drug-likeness (QED) is 0.279. The summed E-state index contributed by atoms with van der Waals surface area (Å²) in [5.74, 6) is 0.